The zero-order chi connectivity index (χ0) is 38.2. The predicted octanol–water partition coefficient (Wildman–Crippen LogP) is 11.2. The van der Waals surface area contributed by atoms with Gasteiger partial charge in [-0.25, -0.2) is 0 Å². The Morgan fingerprint density at radius 3 is 1.48 bits per heavy atom. The number of hydrogen-bond donors (Lipinski definition) is 0. The van der Waals surface area contributed by atoms with Crippen molar-refractivity contribution in [3.8, 4) is 11.4 Å². The molecule has 12 aromatic rings. The number of hydrogen-bond acceptors (Lipinski definition) is 1. The molecule has 4 heteroatoms. The summed E-state index contributed by atoms with van der Waals surface area (Å²) in [4.78, 5) is 0. The van der Waals surface area contributed by atoms with Crippen LogP contribution in [0.5, 0.6) is 0 Å². The van der Waals surface area contributed by atoms with Gasteiger partial charge in [0.2, 0.25) is 0 Å². The molecule has 0 radical (unpaired) electrons. The molecule has 0 fully saturated rings. The number of para-hydroxylation sites is 4. The fourth-order valence-electron chi connectivity index (χ4n) is 9.77. The summed E-state index contributed by atoms with van der Waals surface area (Å²) in [5, 5.41) is 12.6. The van der Waals surface area contributed by atoms with Crippen molar-refractivity contribution in [1.29, 1.82) is 0 Å². The van der Waals surface area contributed by atoms with Gasteiger partial charge in [0.15, 0.2) is 8.07 Å². The summed E-state index contributed by atoms with van der Waals surface area (Å²) in [7, 11) is -2.94. The van der Waals surface area contributed by atoms with Crippen LogP contribution in [0.15, 0.2) is 223 Å². The minimum atomic E-state index is -2.94. The molecule has 0 atom stereocenters. The summed E-state index contributed by atoms with van der Waals surface area (Å²) < 4.78 is 11.3. The Bertz CT molecular complexity index is 3470. The number of rotatable bonds is 6. The van der Waals surface area contributed by atoms with E-state index in [1.165, 1.54) is 64.4 Å². The van der Waals surface area contributed by atoms with E-state index in [2.05, 4.69) is 221 Å². The molecule has 0 spiro atoms. The third-order valence-electron chi connectivity index (χ3n) is 12.3. The number of furan rings is 1. The zero-order valence-corrected chi connectivity index (χ0v) is 32.6. The van der Waals surface area contributed by atoms with Crippen molar-refractivity contribution >= 4 is 94.4 Å². The third-order valence-corrected chi connectivity index (χ3v) is 17.0. The van der Waals surface area contributed by atoms with E-state index in [4.69, 9.17) is 4.42 Å². The van der Waals surface area contributed by atoms with E-state index >= 15 is 0 Å². The fraction of sp³-hybridized carbons (Fsp3) is 0. The molecule has 58 heavy (non-hydrogen) atoms. The molecular formula is C54H36N2OSi. The van der Waals surface area contributed by atoms with Gasteiger partial charge in [0.25, 0.3) is 0 Å². The van der Waals surface area contributed by atoms with Crippen molar-refractivity contribution in [2.75, 3.05) is 0 Å². The molecular weight excluding hydrogens is 721 g/mol. The van der Waals surface area contributed by atoms with Gasteiger partial charge in [-0.15, -0.1) is 0 Å². The molecule has 9 aromatic carbocycles. The molecule has 0 aliphatic carbocycles. The largest absolute Gasteiger partial charge is 0.456 e. The maximum Gasteiger partial charge on any atom is 0.179 e. The Morgan fingerprint density at radius 2 is 0.776 bits per heavy atom. The molecule has 0 aliphatic rings. The van der Waals surface area contributed by atoms with E-state index in [0.29, 0.717) is 0 Å². The maximum atomic E-state index is 6.39. The van der Waals surface area contributed by atoms with Crippen molar-refractivity contribution in [3.63, 3.8) is 0 Å². The molecule has 0 aliphatic heterocycles. The van der Waals surface area contributed by atoms with Gasteiger partial charge < -0.3 is 13.6 Å². The minimum Gasteiger partial charge on any atom is -0.456 e. The normalized spacial score (nSPS) is 12.1. The summed E-state index contributed by atoms with van der Waals surface area (Å²) >= 11 is 0. The van der Waals surface area contributed by atoms with Crippen LogP contribution >= 0.6 is 0 Å². The van der Waals surface area contributed by atoms with Crippen LogP contribution in [0.25, 0.3) is 76.9 Å². The molecule has 0 N–H and O–H groups in total. The highest BCUT2D eigenvalue weighted by Crippen LogP contribution is 2.37. The lowest BCUT2D eigenvalue weighted by Gasteiger charge is -2.34. The Balaban J connectivity index is 1.17. The van der Waals surface area contributed by atoms with Crippen molar-refractivity contribution < 1.29 is 4.42 Å². The van der Waals surface area contributed by atoms with Gasteiger partial charge in [0.05, 0.1) is 22.1 Å². The van der Waals surface area contributed by atoms with Crippen molar-refractivity contribution in [3.05, 3.63) is 218 Å². The highest BCUT2D eigenvalue weighted by Gasteiger charge is 2.42. The molecule has 0 saturated carbocycles. The van der Waals surface area contributed by atoms with E-state index in [9.17, 15) is 0 Å². The molecule has 0 saturated heterocycles. The van der Waals surface area contributed by atoms with Gasteiger partial charge in [-0.1, -0.05) is 158 Å². The topological polar surface area (TPSA) is 23.0 Å². The number of nitrogens with zero attached hydrogens (tertiary/aromatic N) is 2. The second kappa shape index (κ2) is 12.8. The van der Waals surface area contributed by atoms with Crippen LogP contribution in [0.1, 0.15) is 0 Å². The van der Waals surface area contributed by atoms with Crippen molar-refractivity contribution in [2.45, 2.75) is 0 Å². The van der Waals surface area contributed by atoms with Crippen LogP contribution in [0, 0.1) is 0 Å². The van der Waals surface area contributed by atoms with Crippen LogP contribution in [-0.4, -0.2) is 17.2 Å². The van der Waals surface area contributed by atoms with Crippen LogP contribution in [0.2, 0.25) is 0 Å². The van der Waals surface area contributed by atoms with Gasteiger partial charge in [-0.2, -0.15) is 0 Å². The average molecular weight is 757 g/mol. The second-order valence-corrected chi connectivity index (χ2v) is 19.1. The van der Waals surface area contributed by atoms with E-state index in [-0.39, 0.29) is 0 Å². The van der Waals surface area contributed by atoms with Crippen molar-refractivity contribution in [1.82, 2.24) is 9.13 Å². The quantitative estimate of drug-likeness (QED) is 0.122. The monoisotopic (exact) mass is 756 g/mol. The number of fused-ring (bicyclic) bond motifs is 9. The maximum absolute atomic E-state index is 6.39. The first kappa shape index (κ1) is 32.8. The lowest BCUT2D eigenvalue weighted by molar-refractivity contribution is 0.669. The molecule has 3 heterocycles. The molecule has 3 aromatic heterocycles. The number of aromatic nitrogens is 2. The summed E-state index contributed by atoms with van der Waals surface area (Å²) in [5.74, 6) is 0. The molecule has 12 rings (SSSR count). The highest BCUT2D eigenvalue weighted by molar-refractivity contribution is 7.20. The van der Waals surface area contributed by atoms with Gasteiger partial charge in [0.1, 0.15) is 11.2 Å². The van der Waals surface area contributed by atoms with Crippen molar-refractivity contribution in [2.24, 2.45) is 0 Å². The van der Waals surface area contributed by atoms with Gasteiger partial charge in [0, 0.05) is 43.7 Å². The van der Waals surface area contributed by atoms with Gasteiger partial charge in [-0.05, 0) is 81.4 Å². The Kier molecular flexibility index (Phi) is 7.25. The van der Waals surface area contributed by atoms with Crippen LogP contribution in [0.4, 0.5) is 0 Å². The predicted molar refractivity (Wildman–Crippen MR) is 246 cm³/mol. The van der Waals surface area contributed by atoms with E-state index in [0.717, 1.165) is 33.3 Å². The highest BCUT2D eigenvalue weighted by atomic mass is 28.3. The lowest BCUT2D eigenvalue weighted by atomic mass is 10.1. The van der Waals surface area contributed by atoms with Gasteiger partial charge >= 0.3 is 0 Å². The first-order chi connectivity index (χ1) is 28.8. The van der Waals surface area contributed by atoms with Crippen LogP contribution < -0.4 is 20.7 Å². The van der Waals surface area contributed by atoms with Crippen LogP contribution in [-0.2, 0) is 0 Å². The van der Waals surface area contributed by atoms with E-state index in [1.54, 1.807) is 0 Å². The Morgan fingerprint density at radius 1 is 0.276 bits per heavy atom. The molecule has 0 unspecified atom stereocenters. The minimum absolute atomic E-state index is 0.911. The third kappa shape index (κ3) is 4.73. The van der Waals surface area contributed by atoms with E-state index < -0.39 is 8.07 Å². The zero-order valence-electron chi connectivity index (χ0n) is 31.6. The molecule has 3 nitrogen and oxygen atoms in total. The average Bonchev–Trinajstić information content (AvgIpc) is 3.95. The SMILES string of the molecule is c1ccc(-n2c3ccccc3c3cc(-n4c5ccccc5c5ccc([Si](c6ccccc6)(c6ccccc6)c6ccc7oc8ccccc8c7c6)cc54)ccc32)cc1. The molecule has 272 valence electrons. The second-order valence-electron chi connectivity index (χ2n) is 15.3. The molecule has 0 amide bonds. The molecule has 0 bridgehead atoms. The lowest BCUT2D eigenvalue weighted by Crippen LogP contribution is -2.74. The van der Waals surface area contributed by atoms with Gasteiger partial charge in [-0.3, -0.25) is 0 Å². The number of benzene rings is 9. The summed E-state index contributed by atoms with van der Waals surface area (Å²) in [6.07, 6.45) is 0. The smallest absolute Gasteiger partial charge is 0.179 e. The Labute approximate surface area is 336 Å². The summed E-state index contributed by atoms with van der Waals surface area (Å²) in [6, 6.07) is 80.4. The first-order valence-corrected chi connectivity index (χ1v) is 21.9. The summed E-state index contributed by atoms with van der Waals surface area (Å²) in [5.41, 5.74) is 8.91. The standard InChI is InChI=1S/C54H36N2OSi/c1-4-16-37(17-5-1)55-50-26-14-11-23-44(50)47-34-38(28-32-51(47)55)56-49-25-13-10-22-43(49)45-31-29-42(36-52(45)56)58(39-18-6-2-7-19-39,40-20-8-3-9-21-40)41-30-33-54-48(35-41)46-24-12-15-27-53(46)57-54/h1-36H. The Hall–Kier alpha value is -7.40. The fourth-order valence-corrected chi connectivity index (χ4v) is 14.5. The van der Waals surface area contributed by atoms with Crippen LogP contribution in [0.3, 0.4) is 0 Å². The van der Waals surface area contributed by atoms with E-state index in [1.807, 2.05) is 6.07 Å². The first-order valence-electron chi connectivity index (χ1n) is 19.9. The summed E-state index contributed by atoms with van der Waals surface area (Å²) in [6.45, 7) is 0.